The molecule has 1 N–H and O–H groups in total. The average molecular weight is 267 g/mol. The van der Waals surface area contributed by atoms with Gasteiger partial charge in [-0.15, -0.1) is 11.3 Å². The molecule has 0 aromatic carbocycles. The predicted molar refractivity (Wildman–Crippen MR) is 77.8 cm³/mol. The first kappa shape index (κ1) is 14.0. The average Bonchev–Trinajstić information content (AvgIpc) is 2.81. The van der Waals surface area contributed by atoms with Crippen molar-refractivity contribution in [3.63, 3.8) is 0 Å². The topological polar surface area (TPSA) is 23.5 Å². The number of aliphatic hydroxyl groups excluding tert-OH is 1. The SMILES string of the molecule is CC(C)C[C@@]1(CO)CCCN(Cc2cccs2)C1. The Labute approximate surface area is 115 Å². The highest BCUT2D eigenvalue weighted by Gasteiger charge is 2.35. The quantitative estimate of drug-likeness (QED) is 0.884. The molecule has 2 heterocycles. The van der Waals surface area contributed by atoms with Crippen LogP contribution in [0.25, 0.3) is 0 Å². The van der Waals surface area contributed by atoms with Gasteiger partial charge < -0.3 is 5.11 Å². The standard InChI is InChI=1S/C15H25NOS/c1-13(2)9-15(12-17)6-4-7-16(11-15)10-14-5-3-8-18-14/h3,5,8,13,17H,4,6-7,9-12H2,1-2H3/t15-/m0/s1. The van der Waals surface area contributed by atoms with Crippen molar-refractivity contribution in [2.75, 3.05) is 19.7 Å². The number of rotatable bonds is 5. The summed E-state index contributed by atoms with van der Waals surface area (Å²) < 4.78 is 0. The number of piperidine rings is 1. The lowest BCUT2D eigenvalue weighted by molar-refractivity contribution is 0.0136. The summed E-state index contributed by atoms with van der Waals surface area (Å²) >= 11 is 1.83. The van der Waals surface area contributed by atoms with Gasteiger partial charge in [0.05, 0.1) is 0 Å². The zero-order chi connectivity index (χ0) is 13.0. The highest BCUT2D eigenvalue weighted by atomic mass is 32.1. The summed E-state index contributed by atoms with van der Waals surface area (Å²) in [5, 5.41) is 12.0. The Kier molecular flexibility index (Phi) is 4.82. The molecule has 0 unspecified atom stereocenters. The van der Waals surface area contributed by atoms with Gasteiger partial charge in [-0.25, -0.2) is 0 Å². The Morgan fingerprint density at radius 3 is 2.94 bits per heavy atom. The monoisotopic (exact) mass is 267 g/mol. The molecule has 3 heteroatoms. The number of likely N-dealkylation sites (tertiary alicyclic amines) is 1. The minimum atomic E-state index is 0.143. The van der Waals surface area contributed by atoms with Gasteiger partial charge in [0.2, 0.25) is 0 Å². The second-order valence-corrected chi connectivity index (χ2v) is 7.18. The van der Waals surface area contributed by atoms with Crippen molar-refractivity contribution in [3.05, 3.63) is 22.4 Å². The van der Waals surface area contributed by atoms with E-state index in [4.69, 9.17) is 0 Å². The van der Waals surface area contributed by atoms with Crippen LogP contribution in [-0.4, -0.2) is 29.7 Å². The molecule has 18 heavy (non-hydrogen) atoms. The van der Waals surface area contributed by atoms with Crippen molar-refractivity contribution in [2.24, 2.45) is 11.3 Å². The number of nitrogens with zero attached hydrogens (tertiary/aromatic N) is 1. The van der Waals surface area contributed by atoms with E-state index in [2.05, 4.69) is 36.3 Å². The lowest BCUT2D eigenvalue weighted by Gasteiger charge is -2.42. The summed E-state index contributed by atoms with van der Waals surface area (Å²) in [6.07, 6.45) is 3.55. The summed E-state index contributed by atoms with van der Waals surface area (Å²) in [7, 11) is 0. The molecule has 2 nitrogen and oxygen atoms in total. The molecule has 0 spiro atoms. The van der Waals surface area contributed by atoms with Gasteiger partial charge in [-0.1, -0.05) is 19.9 Å². The van der Waals surface area contributed by atoms with E-state index in [0.717, 1.165) is 19.5 Å². The maximum atomic E-state index is 9.81. The third-order valence-electron chi connectivity index (χ3n) is 3.88. The van der Waals surface area contributed by atoms with Crippen LogP contribution in [0.3, 0.4) is 0 Å². The first-order valence-electron chi connectivity index (χ1n) is 6.99. The van der Waals surface area contributed by atoms with Crippen LogP contribution in [0.2, 0.25) is 0 Å². The molecule has 102 valence electrons. The van der Waals surface area contributed by atoms with Crippen LogP contribution in [0.5, 0.6) is 0 Å². The third-order valence-corrected chi connectivity index (χ3v) is 4.74. The second-order valence-electron chi connectivity index (χ2n) is 6.15. The van der Waals surface area contributed by atoms with Gasteiger partial charge in [-0.2, -0.15) is 0 Å². The molecule has 0 saturated carbocycles. The zero-order valence-electron chi connectivity index (χ0n) is 11.6. The Hall–Kier alpha value is -0.380. The molecule has 0 bridgehead atoms. The molecule has 0 radical (unpaired) electrons. The van der Waals surface area contributed by atoms with Crippen LogP contribution in [0.15, 0.2) is 17.5 Å². The summed E-state index contributed by atoms with van der Waals surface area (Å²) in [5.74, 6) is 0.666. The van der Waals surface area contributed by atoms with Crippen molar-refractivity contribution < 1.29 is 5.11 Å². The lowest BCUT2D eigenvalue weighted by atomic mass is 9.74. The Morgan fingerprint density at radius 2 is 2.33 bits per heavy atom. The number of aliphatic hydroxyl groups is 1. The Morgan fingerprint density at radius 1 is 1.50 bits per heavy atom. The minimum Gasteiger partial charge on any atom is -0.396 e. The molecular weight excluding hydrogens is 242 g/mol. The highest BCUT2D eigenvalue weighted by molar-refractivity contribution is 7.09. The van der Waals surface area contributed by atoms with Crippen LogP contribution in [0, 0.1) is 11.3 Å². The maximum absolute atomic E-state index is 9.81. The fourth-order valence-electron chi connectivity index (χ4n) is 3.29. The van der Waals surface area contributed by atoms with Crippen LogP contribution in [0.1, 0.15) is 38.0 Å². The second kappa shape index (κ2) is 6.18. The minimum absolute atomic E-state index is 0.143. The molecule has 1 saturated heterocycles. The molecule has 2 rings (SSSR count). The highest BCUT2D eigenvalue weighted by Crippen LogP contribution is 2.36. The van der Waals surface area contributed by atoms with Gasteiger partial charge in [-0.3, -0.25) is 4.90 Å². The van der Waals surface area contributed by atoms with E-state index in [1.807, 2.05) is 11.3 Å². The molecular formula is C15H25NOS. The number of hydrogen-bond donors (Lipinski definition) is 1. The molecule has 1 atom stereocenters. The summed E-state index contributed by atoms with van der Waals surface area (Å²) in [6, 6.07) is 4.33. The Balaban J connectivity index is 1.98. The van der Waals surface area contributed by atoms with E-state index >= 15 is 0 Å². The molecule has 1 aromatic rings. The predicted octanol–water partition coefficient (Wildman–Crippen LogP) is 3.37. The summed E-state index contributed by atoms with van der Waals surface area (Å²) in [6.45, 7) is 8.15. The lowest BCUT2D eigenvalue weighted by Crippen LogP contribution is -2.45. The van der Waals surface area contributed by atoms with E-state index in [-0.39, 0.29) is 5.41 Å². The van der Waals surface area contributed by atoms with Crippen molar-refractivity contribution in [1.82, 2.24) is 4.90 Å². The number of thiophene rings is 1. The molecule has 1 aliphatic rings. The molecule has 1 fully saturated rings. The van der Waals surface area contributed by atoms with Gasteiger partial charge in [0.25, 0.3) is 0 Å². The van der Waals surface area contributed by atoms with E-state index in [1.165, 1.54) is 24.3 Å². The van der Waals surface area contributed by atoms with Crippen LogP contribution in [-0.2, 0) is 6.54 Å². The van der Waals surface area contributed by atoms with Crippen molar-refractivity contribution in [1.29, 1.82) is 0 Å². The number of hydrogen-bond acceptors (Lipinski definition) is 3. The third kappa shape index (κ3) is 3.56. The first-order chi connectivity index (χ1) is 8.63. The Bertz CT molecular complexity index is 349. The fraction of sp³-hybridized carbons (Fsp3) is 0.733. The smallest absolute Gasteiger partial charge is 0.0499 e. The maximum Gasteiger partial charge on any atom is 0.0499 e. The van der Waals surface area contributed by atoms with Gasteiger partial charge >= 0.3 is 0 Å². The van der Waals surface area contributed by atoms with Gasteiger partial charge in [0.1, 0.15) is 0 Å². The summed E-state index contributed by atoms with van der Waals surface area (Å²) in [4.78, 5) is 3.96. The first-order valence-corrected chi connectivity index (χ1v) is 7.87. The normalized spacial score (nSPS) is 25.8. The van der Waals surface area contributed by atoms with Gasteiger partial charge in [0.15, 0.2) is 0 Å². The van der Waals surface area contributed by atoms with E-state index in [1.54, 1.807) is 0 Å². The molecule has 0 amide bonds. The molecule has 1 aromatic heterocycles. The van der Waals surface area contributed by atoms with Crippen LogP contribution in [0.4, 0.5) is 0 Å². The van der Waals surface area contributed by atoms with Gasteiger partial charge in [-0.05, 0) is 43.2 Å². The fourth-order valence-corrected chi connectivity index (χ4v) is 4.04. The van der Waals surface area contributed by atoms with Crippen molar-refractivity contribution >= 4 is 11.3 Å². The van der Waals surface area contributed by atoms with Crippen molar-refractivity contribution in [3.8, 4) is 0 Å². The zero-order valence-corrected chi connectivity index (χ0v) is 12.4. The molecule has 1 aliphatic heterocycles. The molecule has 0 aliphatic carbocycles. The van der Waals surface area contributed by atoms with Crippen LogP contribution < -0.4 is 0 Å². The van der Waals surface area contributed by atoms with E-state index in [9.17, 15) is 5.11 Å². The van der Waals surface area contributed by atoms with Gasteiger partial charge in [0, 0.05) is 30.0 Å². The summed E-state index contributed by atoms with van der Waals surface area (Å²) in [5.41, 5.74) is 0.143. The van der Waals surface area contributed by atoms with Crippen molar-refractivity contribution in [2.45, 2.75) is 39.7 Å². The van der Waals surface area contributed by atoms with E-state index < -0.39 is 0 Å². The van der Waals surface area contributed by atoms with Crippen LogP contribution >= 0.6 is 11.3 Å². The largest absolute Gasteiger partial charge is 0.396 e. The van der Waals surface area contributed by atoms with E-state index in [0.29, 0.717) is 12.5 Å².